The Morgan fingerprint density at radius 3 is 2.58 bits per heavy atom. The SMILES string of the molecule is Cc1cccc(-c2noc(CNC(=O)c3ccc(S(=O)(=O)N4CCOCC4)cc3)n2)c1. The van der Waals surface area contributed by atoms with Crippen LogP contribution in [0.4, 0.5) is 0 Å². The highest BCUT2D eigenvalue weighted by atomic mass is 32.2. The van der Waals surface area contributed by atoms with E-state index in [-0.39, 0.29) is 23.2 Å². The van der Waals surface area contributed by atoms with E-state index in [0.29, 0.717) is 37.7 Å². The Bertz CT molecular complexity index is 1170. The molecule has 1 fully saturated rings. The zero-order valence-corrected chi connectivity index (χ0v) is 17.8. The summed E-state index contributed by atoms with van der Waals surface area (Å²) in [5.74, 6) is 0.354. The number of amides is 1. The molecule has 0 radical (unpaired) electrons. The molecule has 3 aromatic rings. The minimum atomic E-state index is -3.60. The smallest absolute Gasteiger partial charge is 0.251 e. The highest BCUT2D eigenvalue weighted by Gasteiger charge is 2.26. The number of ether oxygens (including phenoxy) is 1. The molecule has 2 aromatic carbocycles. The van der Waals surface area contributed by atoms with Crippen LogP contribution in [0.1, 0.15) is 21.8 Å². The van der Waals surface area contributed by atoms with Crippen LogP contribution < -0.4 is 5.32 Å². The van der Waals surface area contributed by atoms with Crippen molar-refractivity contribution in [2.45, 2.75) is 18.4 Å². The van der Waals surface area contributed by atoms with Gasteiger partial charge in [0.05, 0.1) is 24.7 Å². The number of hydrogen-bond donors (Lipinski definition) is 1. The van der Waals surface area contributed by atoms with E-state index >= 15 is 0 Å². The van der Waals surface area contributed by atoms with Crippen molar-refractivity contribution in [2.24, 2.45) is 0 Å². The topological polar surface area (TPSA) is 115 Å². The molecule has 162 valence electrons. The fraction of sp³-hybridized carbons (Fsp3) is 0.286. The predicted octanol–water partition coefficient (Wildman–Crippen LogP) is 2.00. The van der Waals surface area contributed by atoms with Crippen LogP contribution in [0.3, 0.4) is 0 Å². The van der Waals surface area contributed by atoms with E-state index in [4.69, 9.17) is 9.26 Å². The van der Waals surface area contributed by atoms with Gasteiger partial charge in [-0.2, -0.15) is 9.29 Å². The Labute approximate surface area is 180 Å². The molecule has 1 aromatic heterocycles. The number of hydrogen-bond acceptors (Lipinski definition) is 7. The second-order valence-corrected chi connectivity index (χ2v) is 9.04. The van der Waals surface area contributed by atoms with E-state index in [9.17, 15) is 13.2 Å². The van der Waals surface area contributed by atoms with Crippen molar-refractivity contribution >= 4 is 15.9 Å². The van der Waals surface area contributed by atoms with E-state index in [0.717, 1.165) is 11.1 Å². The molecule has 10 heteroatoms. The zero-order chi connectivity index (χ0) is 21.8. The van der Waals surface area contributed by atoms with Crippen LogP contribution in [0.2, 0.25) is 0 Å². The maximum absolute atomic E-state index is 12.7. The predicted molar refractivity (Wildman–Crippen MR) is 112 cm³/mol. The number of nitrogens with one attached hydrogen (secondary N) is 1. The minimum Gasteiger partial charge on any atom is -0.379 e. The quantitative estimate of drug-likeness (QED) is 0.621. The first-order valence-corrected chi connectivity index (χ1v) is 11.2. The van der Waals surface area contributed by atoms with Gasteiger partial charge in [-0.1, -0.05) is 28.9 Å². The third-order valence-corrected chi connectivity index (χ3v) is 6.78. The zero-order valence-electron chi connectivity index (χ0n) is 16.9. The van der Waals surface area contributed by atoms with Crippen molar-refractivity contribution in [2.75, 3.05) is 26.3 Å². The number of sulfonamides is 1. The van der Waals surface area contributed by atoms with Crippen molar-refractivity contribution in [3.8, 4) is 11.4 Å². The maximum Gasteiger partial charge on any atom is 0.251 e. The Morgan fingerprint density at radius 1 is 1.13 bits per heavy atom. The van der Waals surface area contributed by atoms with E-state index in [1.807, 2.05) is 31.2 Å². The third-order valence-electron chi connectivity index (χ3n) is 4.87. The fourth-order valence-corrected chi connectivity index (χ4v) is 4.61. The molecule has 1 amide bonds. The summed E-state index contributed by atoms with van der Waals surface area (Å²) in [4.78, 5) is 16.9. The van der Waals surface area contributed by atoms with Crippen LogP contribution in [-0.4, -0.2) is 55.1 Å². The molecule has 0 aliphatic carbocycles. The Morgan fingerprint density at radius 2 is 1.87 bits per heavy atom. The van der Waals surface area contributed by atoms with Crippen LogP contribution in [0, 0.1) is 6.92 Å². The second-order valence-electron chi connectivity index (χ2n) is 7.10. The van der Waals surface area contributed by atoms with Crippen LogP contribution in [0.25, 0.3) is 11.4 Å². The summed E-state index contributed by atoms with van der Waals surface area (Å²) in [6.45, 7) is 3.42. The molecule has 2 heterocycles. The Balaban J connectivity index is 1.38. The molecule has 0 bridgehead atoms. The highest BCUT2D eigenvalue weighted by molar-refractivity contribution is 7.89. The van der Waals surface area contributed by atoms with E-state index in [1.54, 1.807) is 0 Å². The van der Waals surface area contributed by atoms with E-state index in [2.05, 4.69) is 15.5 Å². The van der Waals surface area contributed by atoms with Gasteiger partial charge in [-0.15, -0.1) is 0 Å². The normalized spacial score (nSPS) is 15.0. The summed E-state index contributed by atoms with van der Waals surface area (Å²) in [6, 6.07) is 13.5. The second kappa shape index (κ2) is 8.96. The molecule has 1 aliphatic heterocycles. The molecule has 9 nitrogen and oxygen atoms in total. The fourth-order valence-electron chi connectivity index (χ4n) is 3.20. The molecule has 0 spiro atoms. The standard InChI is InChI=1S/C21H22N4O5S/c1-15-3-2-4-17(13-15)20-23-19(30-24-20)14-22-21(26)16-5-7-18(8-6-16)31(27,28)25-9-11-29-12-10-25/h2-8,13H,9-12,14H2,1H3,(H,22,26). The summed E-state index contributed by atoms with van der Waals surface area (Å²) >= 11 is 0. The first-order valence-electron chi connectivity index (χ1n) is 9.79. The molecular formula is C21H22N4O5S. The Hall–Kier alpha value is -3.08. The maximum atomic E-state index is 12.7. The van der Waals surface area contributed by atoms with Crippen molar-refractivity contribution in [1.82, 2.24) is 19.8 Å². The largest absolute Gasteiger partial charge is 0.379 e. The third kappa shape index (κ3) is 4.82. The first kappa shape index (κ1) is 21.2. The van der Waals surface area contributed by atoms with Crippen molar-refractivity contribution < 1.29 is 22.5 Å². The number of nitrogens with zero attached hydrogens (tertiary/aromatic N) is 3. The molecule has 1 saturated heterocycles. The van der Waals surface area contributed by atoms with Crippen molar-refractivity contribution in [1.29, 1.82) is 0 Å². The van der Waals surface area contributed by atoms with E-state index < -0.39 is 10.0 Å². The van der Waals surface area contributed by atoms with Gasteiger partial charge < -0.3 is 14.6 Å². The van der Waals surface area contributed by atoms with Gasteiger partial charge in [0.1, 0.15) is 0 Å². The lowest BCUT2D eigenvalue weighted by Crippen LogP contribution is -2.40. The van der Waals surface area contributed by atoms with Crippen LogP contribution >= 0.6 is 0 Å². The summed E-state index contributed by atoms with van der Waals surface area (Å²) < 4.78 is 37.1. The van der Waals surface area contributed by atoms with Gasteiger partial charge >= 0.3 is 0 Å². The lowest BCUT2D eigenvalue weighted by Gasteiger charge is -2.26. The number of morpholine rings is 1. The van der Waals surface area contributed by atoms with Gasteiger partial charge in [-0.25, -0.2) is 8.42 Å². The molecule has 4 rings (SSSR count). The van der Waals surface area contributed by atoms with Crippen molar-refractivity contribution in [3.05, 3.63) is 65.5 Å². The Kier molecular flexibility index (Phi) is 6.12. The molecule has 1 N–H and O–H groups in total. The number of aromatic nitrogens is 2. The van der Waals surface area contributed by atoms with Gasteiger partial charge in [0, 0.05) is 24.2 Å². The first-order chi connectivity index (χ1) is 14.9. The number of carbonyl (C=O) groups is 1. The van der Waals surface area contributed by atoms with Crippen LogP contribution in [0.5, 0.6) is 0 Å². The molecule has 0 saturated carbocycles. The van der Waals surface area contributed by atoms with Gasteiger partial charge in [0.15, 0.2) is 0 Å². The monoisotopic (exact) mass is 442 g/mol. The lowest BCUT2D eigenvalue weighted by molar-refractivity contribution is 0.0730. The number of carbonyl (C=O) groups excluding carboxylic acids is 1. The highest BCUT2D eigenvalue weighted by Crippen LogP contribution is 2.19. The summed E-state index contributed by atoms with van der Waals surface area (Å²) in [7, 11) is -3.60. The molecule has 31 heavy (non-hydrogen) atoms. The minimum absolute atomic E-state index is 0.0610. The number of aryl methyl sites for hydroxylation is 1. The van der Waals surface area contributed by atoms with Crippen LogP contribution in [0.15, 0.2) is 57.9 Å². The summed E-state index contributed by atoms with van der Waals surface area (Å²) in [5, 5.41) is 6.65. The molecule has 1 aliphatic rings. The lowest BCUT2D eigenvalue weighted by atomic mass is 10.1. The van der Waals surface area contributed by atoms with Gasteiger partial charge in [-0.05, 0) is 37.3 Å². The average molecular weight is 442 g/mol. The average Bonchev–Trinajstić information content (AvgIpc) is 3.27. The van der Waals surface area contributed by atoms with Gasteiger partial charge in [0.2, 0.25) is 21.7 Å². The summed E-state index contributed by atoms with van der Waals surface area (Å²) in [5.41, 5.74) is 2.24. The molecule has 0 atom stereocenters. The van der Waals surface area contributed by atoms with E-state index in [1.165, 1.54) is 28.6 Å². The van der Waals surface area contributed by atoms with Gasteiger partial charge in [0.25, 0.3) is 5.91 Å². The summed E-state index contributed by atoms with van der Waals surface area (Å²) in [6.07, 6.45) is 0. The van der Waals surface area contributed by atoms with Crippen LogP contribution in [-0.2, 0) is 21.3 Å². The number of rotatable bonds is 6. The molecular weight excluding hydrogens is 420 g/mol. The molecule has 0 unspecified atom stereocenters. The number of benzene rings is 2. The van der Waals surface area contributed by atoms with Crippen molar-refractivity contribution in [3.63, 3.8) is 0 Å². The van der Waals surface area contributed by atoms with Gasteiger partial charge in [-0.3, -0.25) is 4.79 Å².